The molecule has 0 unspecified atom stereocenters. The number of allylic oxidation sites excluding steroid dienone is 3. The Morgan fingerprint density at radius 1 is 1.44 bits per heavy atom. The van der Waals surface area contributed by atoms with Crippen LogP contribution in [0.3, 0.4) is 0 Å². The molecule has 0 atom stereocenters. The van der Waals surface area contributed by atoms with Gasteiger partial charge in [-0.15, -0.1) is 0 Å². The van der Waals surface area contributed by atoms with Crippen molar-refractivity contribution in [3.05, 3.63) is 23.3 Å². The summed E-state index contributed by atoms with van der Waals surface area (Å²) in [5.74, 6) is 0.686. The van der Waals surface area contributed by atoms with E-state index in [1.807, 2.05) is 0 Å². The van der Waals surface area contributed by atoms with Gasteiger partial charge in [-0.05, 0) is 30.4 Å². The molecule has 9 heavy (non-hydrogen) atoms. The van der Waals surface area contributed by atoms with E-state index in [9.17, 15) is 0 Å². The van der Waals surface area contributed by atoms with Crippen LogP contribution in [0.15, 0.2) is 23.3 Å². The zero-order valence-corrected chi connectivity index (χ0v) is 6.49. The highest BCUT2D eigenvalue weighted by Gasteiger charge is 2.19. The van der Waals surface area contributed by atoms with Gasteiger partial charge in [0.05, 0.1) is 0 Å². The highest BCUT2D eigenvalue weighted by molar-refractivity contribution is 5.46. The third kappa shape index (κ3) is 0.937. The van der Waals surface area contributed by atoms with Crippen molar-refractivity contribution < 1.29 is 0 Å². The van der Waals surface area contributed by atoms with Gasteiger partial charge >= 0.3 is 0 Å². The molecule has 0 bridgehead atoms. The Morgan fingerprint density at radius 2 is 2.00 bits per heavy atom. The van der Waals surface area contributed by atoms with Gasteiger partial charge in [-0.3, -0.25) is 0 Å². The summed E-state index contributed by atoms with van der Waals surface area (Å²) < 4.78 is 0. The van der Waals surface area contributed by atoms with Gasteiger partial charge in [0.1, 0.15) is 0 Å². The summed E-state index contributed by atoms with van der Waals surface area (Å²) >= 11 is 0. The van der Waals surface area contributed by atoms with E-state index in [-0.39, 0.29) is 0 Å². The lowest BCUT2D eigenvalue weighted by atomic mass is 9.79. The standard InChI is InChI=1S/C9H14/c1-6(2)9-7(3)5-8(9)4/h6H,3,5H2,1-2,4H3. The number of rotatable bonds is 1. The van der Waals surface area contributed by atoms with E-state index in [0.29, 0.717) is 5.92 Å². The molecule has 0 fully saturated rings. The molecule has 0 aliphatic heterocycles. The molecule has 0 nitrogen and oxygen atoms in total. The molecule has 0 aromatic heterocycles. The summed E-state index contributed by atoms with van der Waals surface area (Å²) in [7, 11) is 0. The molecule has 50 valence electrons. The lowest BCUT2D eigenvalue weighted by Crippen LogP contribution is -2.10. The SMILES string of the molecule is C=C1CC(C)=C1C(C)C. The molecule has 1 aliphatic carbocycles. The first-order valence-corrected chi connectivity index (χ1v) is 3.50. The molecular formula is C9H14. The third-order valence-electron chi connectivity index (χ3n) is 1.90. The van der Waals surface area contributed by atoms with Crippen LogP contribution in [0.2, 0.25) is 0 Å². The van der Waals surface area contributed by atoms with Gasteiger partial charge in [-0.2, -0.15) is 0 Å². The van der Waals surface area contributed by atoms with Gasteiger partial charge in [-0.1, -0.05) is 26.0 Å². The fraction of sp³-hybridized carbons (Fsp3) is 0.556. The van der Waals surface area contributed by atoms with Gasteiger partial charge in [-0.25, -0.2) is 0 Å². The van der Waals surface area contributed by atoms with Gasteiger partial charge in [0.25, 0.3) is 0 Å². The van der Waals surface area contributed by atoms with E-state index in [4.69, 9.17) is 0 Å². The van der Waals surface area contributed by atoms with Crippen LogP contribution in [0.25, 0.3) is 0 Å². The van der Waals surface area contributed by atoms with Crippen LogP contribution in [0, 0.1) is 5.92 Å². The molecule has 0 aromatic rings. The molecule has 0 amide bonds. The predicted octanol–water partition coefficient (Wildman–Crippen LogP) is 2.92. The first-order valence-electron chi connectivity index (χ1n) is 3.50. The number of hydrogen-bond donors (Lipinski definition) is 0. The fourth-order valence-corrected chi connectivity index (χ4v) is 1.61. The minimum Gasteiger partial charge on any atom is -0.0952 e. The first-order chi connectivity index (χ1) is 4.13. The van der Waals surface area contributed by atoms with Gasteiger partial charge in [0.2, 0.25) is 0 Å². The molecule has 0 saturated carbocycles. The molecule has 0 heteroatoms. The van der Waals surface area contributed by atoms with Crippen LogP contribution < -0.4 is 0 Å². The summed E-state index contributed by atoms with van der Waals surface area (Å²) in [4.78, 5) is 0. The fourth-order valence-electron chi connectivity index (χ4n) is 1.61. The summed E-state index contributed by atoms with van der Waals surface area (Å²) in [6.07, 6.45) is 1.15. The Kier molecular flexibility index (Phi) is 1.48. The Morgan fingerprint density at radius 3 is 2.11 bits per heavy atom. The van der Waals surface area contributed by atoms with Crippen LogP contribution in [-0.2, 0) is 0 Å². The Hall–Kier alpha value is -0.520. The van der Waals surface area contributed by atoms with E-state index in [1.54, 1.807) is 0 Å². The van der Waals surface area contributed by atoms with Crippen molar-refractivity contribution in [2.24, 2.45) is 5.92 Å². The topological polar surface area (TPSA) is 0 Å². The van der Waals surface area contributed by atoms with Crippen LogP contribution in [0.5, 0.6) is 0 Å². The van der Waals surface area contributed by atoms with Crippen molar-refractivity contribution in [1.29, 1.82) is 0 Å². The largest absolute Gasteiger partial charge is 0.0952 e. The Labute approximate surface area is 57.3 Å². The highest BCUT2D eigenvalue weighted by atomic mass is 14.2. The van der Waals surface area contributed by atoms with Gasteiger partial charge in [0, 0.05) is 0 Å². The van der Waals surface area contributed by atoms with Crippen LogP contribution in [-0.4, -0.2) is 0 Å². The van der Waals surface area contributed by atoms with E-state index in [2.05, 4.69) is 27.4 Å². The molecular weight excluding hydrogens is 108 g/mol. The average molecular weight is 122 g/mol. The van der Waals surface area contributed by atoms with Crippen LogP contribution in [0.4, 0.5) is 0 Å². The molecule has 0 aromatic carbocycles. The maximum absolute atomic E-state index is 3.96. The van der Waals surface area contributed by atoms with Crippen molar-refractivity contribution in [3.63, 3.8) is 0 Å². The van der Waals surface area contributed by atoms with Crippen LogP contribution in [0.1, 0.15) is 27.2 Å². The minimum absolute atomic E-state index is 0.686. The van der Waals surface area contributed by atoms with Crippen molar-refractivity contribution in [2.75, 3.05) is 0 Å². The quantitative estimate of drug-likeness (QED) is 0.501. The predicted molar refractivity (Wildman–Crippen MR) is 41.3 cm³/mol. The smallest absolute Gasteiger partial charge is 0.00669 e. The minimum atomic E-state index is 0.686. The van der Waals surface area contributed by atoms with E-state index >= 15 is 0 Å². The van der Waals surface area contributed by atoms with E-state index in [0.717, 1.165) is 6.42 Å². The maximum atomic E-state index is 3.96. The van der Waals surface area contributed by atoms with Crippen molar-refractivity contribution in [3.8, 4) is 0 Å². The van der Waals surface area contributed by atoms with E-state index in [1.165, 1.54) is 16.7 Å². The molecule has 0 spiro atoms. The summed E-state index contributed by atoms with van der Waals surface area (Å²) in [6.45, 7) is 10.6. The zero-order chi connectivity index (χ0) is 7.02. The summed E-state index contributed by atoms with van der Waals surface area (Å²) in [5, 5.41) is 0. The monoisotopic (exact) mass is 122 g/mol. The van der Waals surface area contributed by atoms with Gasteiger partial charge < -0.3 is 0 Å². The number of hydrogen-bond acceptors (Lipinski definition) is 0. The third-order valence-corrected chi connectivity index (χ3v) is 1.90. The van der Waals surface area contributed by atoms with E-state index < -0.39 is 0 Å². The second-order valence-electron chi connectivity index (χ2n) is 3.13. The van der Waals surface area contributed by atoms with Crippen molar-refractivity contribution >= 4 is 0 Å². The normalized spacial score (nSPS) is 18.9. The lowest BCUT2D eigenvalue weighted by Gasteiger charge is -2.27. The molecule has 0 N–H and O–H groups in total. The Bertz CT molecular complexity index is 170. The molecule has 1 aliphatic rings. The summed E-state index contributed by atoms with van der Waals surface area (Å²) in [6, 6.07) is 0. The second-order valence-corrected chi connectivity index (χ2v) is 3.13. The molecule has 0 radical (unpaired) electrons. The highest BCUT2D eigenvalue weighted by Crippen LogP contribution is 2.36. The molecule has 0 saturated heterocycles. The Balaban J connectivity index is 2.80. The van der Waals surface area contributed by atoms with Crippen molar-refractivity contribution in [1.82, 2.24) is 0 Å². The second kappa shape index (κ2) is 2.02. The summed E-state index contributed by atoms with van der Waals surface area (Å²) in [5.41, 5.74) is 4.40. The van der Waals surface area contributed by atoms with Gasteiger partial charge in [0.15, 0.2) is 0 Å². The maximum Gasteiger partial charge on any atom is -0.00669 e. The molecule has 1 rings (SSSR count). The first kappa shape index (κ1) is 6.60. The molecule has 0 heterocycles. The zero-order valence-electron chi connectivity index (χ0n) is 6.49. The van der Waals surface area contributed by atoms with Crippen molar-refractivity contribution in [2.45, 2.75) is 27.2 Å². The lowest BCUT2D eigenvalue weighted by molar-refractivity contribution is 0.719. The van der Waals surface area contributed by atoms with Crippen LogP contribution >= 0.6 is 0 Å². The average Bonchev–Trinajstić information content (AvgIpc) is 1.62.